The second-order valence-electron chi connectivity index (χ2n) is 2.70. The summed E-state index contributed by atoms with van der Waals surface area (Å²) in [6.45, 7) is 0.715. The monoisotopic (exact) mass is 225 g/mol. The minimum absolute atomic E-state index is 0.504. The van der Waals surface area contributed by atoms with E-state index in [1.807, 2.05) is 17.0 Å². The standard InChI is InChI=1S/C9H8ClN3S/c10-9-2-1-7(3-12-9)11-4-8-5-14-6-13-8/h1-3,5-6,11H,4H2. The van der Waals surface area contributed by atoms with Crippen molar-refractivity contribution >= 4 is 28.6 Å². The molecule has 14 heavy (non-hydrogen) atoms. The number of thiazole rings is 1. The minimum Gasteiger partial charge on any atom is -0.378 e. The quantitative estimate of drug-likeness (QED) is 0.817. The smallest absolute Gasteiger partial charge is 0.129 e. The highest BCUT2D eigenvalue weighted by molar-refractivity contribution is 7.07. The van der Waals surface area contributed by atoms with Crippen molar-refractivity contribution in [2.75, 3.05) is 5.32 Å². The molecule has 0 bridgehead atoms. The lowest BCUT2D eigenvalue weighted by Crippen LogP contribution is -1.99. The van der Waals surface area contributed by atoms with Crippen molar-refractivity contribution in [1.82, 2.24) is 9.97 Å². The molecule has 2 heterocycles. The second-order valence-corrected chi connectivity index (χ2v) is 3.81. The second kappa shape index (κ2) is 4.39. The summed E-state index contributed by atoms with van der Waals surface area (Å²) in [7, 11) is 0. The molecule has 0 spiro atoms. The average molecular weight is 226 g/mol. The van der Waals surface area contributed by atoms with Crippen LogP contribution < -0.4 is 5.32 Å². The van der Waals surface area contributed by atoms with Crippen LogP contribution in [0.15, 0.2) is 29.2 Å². The summed E-state index contributed by atoms with van der Waals surface area (Å²) >= 11 is 7.25. The fourth-order valence-corrected chi connectivity index (χ4v) is 1.67. The summed E-state index contributed by atoms with van der Waals surface area (Å²) in [5.74, 6) is 0. The third kappa shape index (κ3) is 2.43. The van der Waals surface area contributed by atoms with Crippen LogP contribution in [0.3, 0.4) is 0 Å². The highest BCUT2D eigenvalue weighted by Crippen LogP contribution is 2.11. The first-order chi connectivity index (χ1) is 6.84. The van der Waals surface area contributed by atoms with Crippen LogP contribution in [0.2, 0.25) is 5.15 Å². The van der Waals surface area contributed by atoms with Crippen LogP contribution in [0.1, 0.15) is 5.69 Å². The Kier molecular flexibility index (Phi) is 2.96. The normalized spacial score (nSPS) is 10.1. The third-order valence-electron chi connectivity index (χ3n) is 1.68. The van der Waals surface area contributed by atoms with Gasteiger partial charge in [-0.2, -0.15) is 0 Å². The van der Waals surface area contributed by atoms with Crippen LogP contribution in [0.4, 0.5) is 5.69 Å². The van der Waals surface area contributed by atoms with Crippen LogP contribution in [0.5, 0.6) is 0 Å². The van der Waals surface area contributed by atoms with Crippen molar-refractivity contribution in [3.63, 3.8) is 0 Å². The molecule has 0 atom stereocenters. The molecule has 0 unspecified atom stereocenters. The van der Waals surface area contributed by atoms with E-state index < -0.39 is 0 Å². The first-order valence-corrected chi connectivity index (χ1v) is 5.39. The van der Waals surface area contributed by atoms with Crippen LogP contribution in [-0.2, 0) is 6.54 Å². The van der Waals surface area contributed by atoms with Crippen molar-refractivity contribution < 1.29 is 0 Å². The van der Waals surface area contributed by atoms with Gasteiger partial charge in [-0.05, 0) is 12.1 Å². The van der Waals surface area contributed by atoms with Gasteiger partial charge in [0.15, 0.2) is 0 Å². The van der Waals surface area contributed by atoms with E-state index in [2.05, 4.69) is 15.3 Å². The Morgan fingerprint density at radius 1 is 1.36 bits per heavy atom. The topological polar surface area (TPSA) is 37.8 Å². The number of nitrogens with zero attached hydrogens (tertiary/aromatic N) is 2. The van der Waals surface area contributed by atoms with Gasteiger partial charge in [-0.25, -0.2) is 9.97 Å². The summed E-state index contributed by atoms with van der Waals surface area (Å²) in [6, 6.07) is 3.65. The summed E-state index contributed by atoms with van der Waals surface area (Å²) < 4.78 is 0. The summed E-state index contributed by atoms with van der Waals surface area (Å²) in [5.41, 5.74) is 3.80. The maximum Gasteiger partial charge on any atom is 0.129 e. The summed E-state index contributed by atoms with van der Waals surface area (Å²) in [5, 5.41) is 5.71. The molecule has 2 aromatic heterocycles. The number of rotatable bonds is 3. The molecular formula is C9H8ClN3S. The van der Waals surface area contributed by atoms with Crippen molar-refractivity contribution in [2.45, 2.75) is 6.54 Å². The number of hydrogen-bond acceptors (Lipinski definition) is 4. The van der Waals surface area contributed by atoms with Gasteiger partial charge < -0.3 is 5.32 Å². The highest BCUT2D eigenvalue weighted by atomic mass is 35.5. The predicted octanol–water partition coefficient (Wildman–Crippen LogP) is 2.80. The van der Waals surface area contributed by atoms with Crippen molar-refractivity contribution in [3.8, 4) is 0 Å². The van der Waals surface area contributed by atoms with E-state index in [0.29, 0.717) is 11.7 Å². The van der Waals surface area contributed by atoms with E-state index in [9.17, 15) is 0 Å². The zero-order valence-electron chi connectivity index (χ0n) is 7.27. The maximum atomic E-state index is 5.66. The summed E-state index contributed by atoms with van der Waals surface area (Å²) in [6.07, 6.45) is 1.70. The van der Waals surface area contributed by atoms with Gasteiger partial charge in [0.25, 0.3) is 0 Å². The Morgan fingerprint density at radius 3 is 2.93 bits per heavy atom. The van der Waals surface area contributed by atoms with Crippen LogP contribution >= 0.6 is 22.9 Å². The Hall–Kier alpha value is -1.13. The van der Waals surface area contributed by atoms with Gasteiger partial charge in [0.2, 0.25) is 0 Å². The van der Waals surface area contributed by atoms with Gasteiger partial charge in [0.1, 0.15) is 5.15 Å². The lowest BCUT2D eigenvalue weighted by molar-refractivity contribution is 1.07. The molecule has 0 aliphatic carbocycles. The molecule has 0 aliphatic rings. The van der Waals surface area contributed by atoms with Gasteiger partial charge in [-0.1, -0.05) is 11.6 Å². The molecule has 0 amide bonds. The number of halogens is 1. The van der Waals surface area contributed by atoms with Gasteiger partial charge in [0, 0.05) is 5.38 Å². The first kappa shape index (κ1) is 9.43. The lowest BCUT2D eigenvalue weighted by atomic mass is 10.4. The Balaban J connectivity index is 1.95. The molecule has 0 radical (unpaired) electrons. The molecule has 3 nitrogen and oxygen atoms in total. The molecule has 0 aromatic carbocycles. The molecule has 5 heteroatoms. The molecule has 0 fully saturated rings. The van der Waals surface area contributed by atoms with Gasteiger partial charge in [0.05, 0.1) is 29.6 Å². The maximum absolute atomic E-state index is 5.66. The zero-order valence-corrected chi connectivity index (χ0v) is 8.85. The van der Waals surface area contributed by atoms with Crippen LogP contribution in [0, 0.1) is 0 Å². The molecule has 0 saturated carbocycles. The largest absolute Gasteiger partial charge is 0.378 e. The Bertz CT molecular complexity index is 385. The van der Waals surface area contributed by atoms with Gasteiger partial charge in [-0.15, -0.1) is 11.3 Å². The molecule has 2 aromatic rings. The van der Waals surface area contributed by atoms with E-state index >= 15 is 0 Å². The van der Waals surface area contributed by atoms with Gasteiger partial charge in [-0.3, -0.25) is 0 Å². The number of aromatic nitrogens is 2. The van der Waals surface area contributed by atoms with E-state index in [-0.39, 0.29) is 0 Å². The number of hydrogen-bond donors (Lipinski definition) is 1. The van der Waals surface area contributed by atoms with Crippen molar-refractivity contribution in [2.24, 2.45) is 0 Å². The van der Waals surface area contributed by atoms with E-state index in [1.165, 1.54) is 0 Å². The van der Waals surface area contributed by atoms with Gasteiger partial charge >= 0.3 is 0 Å². The zero-order chi connectivity index (χ0) is 9.80. The molecule has 1 N–H and O–H groups in total. The lowest BCUT2D eigenvalue weighted by Gasteiger charge is -2.02. The Labute approximate surface area is 90.8 Å². The number of nitrogens with one attached hydrogen (secondary N) is 1. The minimum atomic E-state index is 0.504. The number of anilines is 1. The average Bonchev–Trinajstić information content (AvgIpc) is 2.70. The fourth-order valence-electron chi connectivity index (χ4n) is 0.998. The van der Waals surface area contributed by atoms with E-state index in [0.717, 1.165) is 11.4 Å². The molecular weight excluding hydrogens is 218 g/mol. The first-order valence-electron chi connectivity index (χ1n) is 4.07. The molecule has 0 saturated heterocycles. The van der Waals surface area contributed by atoms with Crippen molar-refractivity contribution in [1.29, 1.82) is 0 Å². The predicted molar refractivity (Wildman–Crippen MR) is 58.7 cm³/mol. The van der Waals surface area contributed by atoms with Crippen molar-refractivity contribution in [3.05, 3.63) is 40.1 Å². The van der Waals surface area contributed by atoms with E-state index in [4.69, 9.17) is 11.6 Å². The Morgan fingerprint density at radius 2 is 2.29 bits per heavy atom. The number of pyridine rings is 1. The molecule has 72 valence electrons. The van der Waals surface area contributed by atoms with Crippen LogP contribution in [0.25, 0.3) is 0 Å². The molecule has 2 rings (SSSR count). The summed E-state index contributed by atoms with van der Waals surface area (Å²) in [4.78, 5) is 8.12. The third-order valence-corrected chi connectivity index (χ3v) is 2.54. The van der Waals surface area contributed by atoms with Crippen LogP contribution in [-0.4, -0.2) is 9.97 Å². The fraction of sp³-hybridized carbons (Fsp3) is 0.111. The molecule has 0 aliphatic heterocycles. The van der Waals surface area contributed by atoms with E-state index in [1.54, 1.807) is 23.6 Å². The highest BCUT2D eigenvalue weighted by Gasteiger charge is 1.95. The SMILES string of the molecule is Clc1ccc(NCc2cscn2)cn1.